The Hall–Kier alpha value is -4.75. The van der Waals surface area contributed by atoms with Crippen LogP contribution >= 0.6 is 0 Å². The van der Waals surface area contributed by atoms with Crippen LogP contribution in [-0.2, 0) is 6.54 Å². The third-order valence-corrected chi connectivity index (χ3v) is 7.77. The molecule has 0 amide bonds. The van der Waals surface area contributed by atoms with Crippen LogP contribution in [0, 0.1) is 24.1 Å². The molecular weight excluding hydrogens is 497 g/mol. The first-order valence-electron chi connectivity index (χ1n) is 12.8. The lowest BCUT2D eigenvalue weighted by molar-refractivity contribution is -0.00921. The summed E-state index contributed by atoms with van der Waals surface area (Å²) in [5, 5.41) is 24.7. The number of fused-ring (bicyclic) bond motifs is 3. The highest BCUT2D eigenvalue weighted by Gasteiger charge is 2.44. The molecule has 0 spiro atoms. The van der Waals surface area contributed by atoms with Crippen LogP contribution in [0.25, 0.3) is 33.6 Å². The molecule has 9 nitrogen and oxygen atoms in total. The second-order valence-corrected chi connectivity index (χ2v) is 10.2. The van der Waals surface area contributed by atoms with E-state index in [0.29, 0.717) is 41.2 Å². The summed E-state index contributed by atoms with van der Waals surface area (Å²) in [6.45, 7) is 4.00. The number of halogens is 1. The van der Waals surface area contributed by atoms with Crippen molar-refractivity contribution < 1.29 is 14.0 Å². The van der Waals surface area contributed by atoms with Crippen molar-refractivity contribution in [2.45, 2.75) is 32.0 Å². The number of aromatic nitrogens is 4. The van der Waals surface area contributed by atoms with E-state index in [-0.39, 0.29) is 11.6 Å². The Morgan fingerprint density at radius 2 is 1.97 bits per heavy atom. The average molecular weight is 522 g/mol. The molecule has 1 aromatic carbocycles. The number of nitrogens with zero attached hydrogens (tertiary/aromatic N) is 6. The van der Waals surface area contributed by atoms with E-state index in [9.17, 15) is 14.8 Å². The Morgan fingerprint density at radius 1 is 1.13 bits per heavy atom. The first-order valence-corrected chi connectivity index (χ1v) is 12.8. The predicted molar refractivity (Wildman–Crippen MR) is 142 cm³/mol. The van der Waals surface area contributed by atoms with Gasteiger partial charge in [0.1, 0.15) is 29.1 Å². The van der Waals surface area contributed by atoms with E-state index in [4.69, 9.17) is 9.51 Å². The SMILES string of the molecule is Cc1cc(-c2cc3c(-c4ccc(N5CC6CC(C5)N6Cc5cc(F)ccc5O)nc4)c(C#N)cnc3[nH]2)on1. The molecule has 7 heterocycles. The van der Waals surface area contributed by atoms with Crippen molar-refractivity contribution in [1.82, 2.24) is 25.0 Å². The first-order chi connectivity index (χ1) is 19.0. The summed E-state index contributed by atoms with van der Waals surface area (Å²) >= 11 is 0. The molecule has 5 aromatic rings. The topological polar surface area (TPSA) is 118 Å². The summed E-state index contributed by atoms with van der Waals surface area (Å²) in [5.41, 5.74) is 4.84. The van der Waals surface area contributed by atoms with Crippen LogP contribution in [0.3, 0.4) is 0 Å². The number of piperidine rings is 1. The number of nitrogens with one attached hydrogen (secondary N) is 1. The van der Waals surface area contributed by atoms with Crippen molar-refractivity contribution in [2.75, 3.05) is 18.0 Å². The summed E-state index contributed by atoms with van der Waals surface area (Å²) in [6, 6.07) is 14.7. The highest BCUT2D eigenvalue weighted by molar-refractivity contribution is 5.98. The van der Waals surface area contributed by atoms with E-state index in [1.165, 1.54) is 18.2 Å². The van der Waals surface area contributed by atoms with Crippen LogP contribution in [0.15, 0.2) is 59.4 Å². The molecule has 2 atom stereocenters. The Morgan fingerprint density at radius 3 is 2.69 bits per heavy atom. The number of phenols is 1. The van der Waals surface area contributed by atoms with Gasteiger partial charge < -0.3 is 19.5 Å². The molecule has 194 valence electrons. The molecule has 0 radical (unpaired) electrons. The van der Waals surface area contributed by atoms with Gasteiger partial charge in [-0.3, -0.25) is 4.90 Å². The summed E-state index contributed by atoms with van der Waals surface area (Å²) < 4.78 is 19.1. The minimum absolute atomic E-state index is 0.128. The molecule has 3 aliphatic heterocycles. The van der Waals surface area contributed by atoms with E-state index in [1.807, 2.05) is 31.2 Å². The maximum Gasteiger partial charge on any atom is 0.183 e. The largest absolute Gasteiger partial charge is 0.508 e. The van der Waals surface area contributed by atoms with Crippen molar-refractivity contribution in [2.24, 2.45) is 0 Å². The van der Waals surface area contributed by atoms with E-state index < -0.39 is 0 Å². The molecule has 2 N–H and O–H groups in total. The number of benzene rings is 1. The van der Waals surface area contributed by atoms with Crippen LogP contribution in [0.2, 0.25) is 0 Å². The first kappa shape index (κ1) is 23.4. The van der Waals surface area contributed by atoms with Crippen molar-refractivity contribution in [1.29, 1.82) is 5.26 Å². The Balaban J connectivity index is 1.13. The maximum absolute atomic E-state index is 13.7. The number of nitriles is 1. The minimum atomic E-state index is -0.339. The summed E-state index contributed by atoms with van der Waals surface area (Å²) in [6.07, 6.45) is 4.45. The summed E-state index contributed by atoms with van der Waals surface area (Å²) in [5.74, 6) is 1.27. The van der Waals surface area contributed by atoms with Gasteiger partial charge in [0.2, 0.25) is 0 Å². The fraction of sp³-hybridized carbons (Fsp3) is 0.241. The number of H-pyrrole nitrogens is 1. The van der Waals surface area contributed by atoms with Crippen molar-refractivity contribution >= 4 is 16.9 Å². The molecule has 0 aliphatic carbocycles. The maximum atomic E-state index is 13.7. The summed E-state index contributed by atoms with van der Waals surface area (Å²) in [4.78, 5) is 17.1. The zero-order chi connectivity index (χ0) is 26.7. The Kier molecular flexibility index (Phi) is 5.35. The van der Waals surface area contributed by atoms with Gasteiger partial charge in [0.05, 0.1) is 17.0 Å². The molecule has 4 aromatic heterocycles. The van der Waals surface area contributed by atoms with Gasteiger partial charge in [-0.05, 0) is 49.7 Å². The van der Waals surface area contributed by atoms with Crippen LogP contribution in [0.4, 0.5) is 10.2 Å². The monoisotopic (exact) mass is 521 g/mol. The normalized spacial score (nSPS) is 18.7. The number of hydrogen-bond donors (Lipinski definition) is 2. The zero-order valence-corrected chi connectivity index (χ0v) is 21.1. The van der Waals surface area contributed by atoms with Crippen molar-refractivity contribution in [3.63, 3.8) is 0 Å². The number of aryl methyl sites for hydroxylation is 1. The molecule has 3 saturated heterocycles. The highest BCUT2D eigenvalue weighted by Crippen LogP contribution is 2.38. The molecular formula is C29H24FN7O2. The molecule has 3 aliphatic rings. The standard InChI is InChI=1S/C29H24FN7O2/c1-16-6-26(39-35-16)24-9-23-28(19(10-31)12-33-29(23)34-24)17-2-5-27(32-11-17)36-14-21-8-22(15-36)37(21)13-18-7-20(30)3-4-25(18)38/h2-7,9,11-12,21-22,38H,8,13-15H2,1H3,(H,33,34). The quantitative estimate of drug-likeness (QED) is 0.340. The molecule has 39 heavy (non-hydrogen) atoms. The van der Waals surface area contributed by atoms with Crippen molar-refractivity contribution in [3.8, 4) is 34.4 Å². The minimum Gasteiger partial charge on any atom is -0.508 e. The lowest BCUT2D eigenvalue weighted by Gasteiger charge is -2.56. The smallest absolute Gasteiger partial charge is 0.183 e. The summed E-state index contributed by atoms with van der Waals surface area (Å²) in [7, 11) is 0. The van der Waals surface area contributed by atoms with Gasteiger partial charge in [-0.25, -0.2) is 14.4 Å². The number of pyridine rings is 2. The molecule has 2 bridgehead atoms. The number of aromatic hydroxyl groups is 1. The van der Waals surface area contributed by atoms with Crippen LogP contribution in [0.1, 0.15) is 23.2 Å². The number of aromatic amines is 1. The zero-order valence-electron chi connectivity index (χ0n) is 21.1. The molecule has 8 rings (SSSR count). The lowest BCUT2D eigenvalue weighted by atomic mass is 9.86. The second kappa shape index (κ2) is 8.92. The van der Waals surface area contributed by atoms with Crippen LogP contribution in [0.5, 0.6) is 5.75 Å². The lowest BCUT2D eigenvalue weighted by Crippen LogP contribution is -2.68. The third kappa shape index (κ3) is 3.99. The number of rotatable bonds is 5. The van der Waals surface area contributed by atoms with E-state index in [2.05, 4.69) is 31.0 Å². The second-order valence-electron chi connectivity index (χ2n) is 10.2. The predicted octanol–water partition coefficient (Wildman–Crippen LogP) is 4.77. The van der Waals surface area contributed by atoms with Crippen molar-refractivity contribution in [3.05, 3.63) is 77.5 Å². The van der Waals surface area contributed by atoms with E-state index in [0.717, 1.165) is 53.2 Å². The number of phenolic OH excluding ortho intramolecular Hbond substituents is 1. The van der Waals surface area contributed by atoms with Crippen LogP contribution < -0.4 is 4.90 Å². The van der Waals surface area contributed by atoms with Gasteiger partial charge >= 0.3 is 0 Å². The van der Waals surface area contributed by atoms with Gasteiger partial charge in [0.25, 0.3) is 0 Å². The number of anilines is 1. The van der Waals surface area contributed by atoms with Gasteiger partial charge in [-0.2, -0.15) is 5.26 Å². The fourth-order valence-corrected chi connectivity index (χ4v) is 5.82. The molecule has 2 unspecified atom stereocenters. The molecule has 0 saturated carbocycles. The Labute approximate surface area is 223 Å². The van der Waals surface area contributed by atoms with Gasteiger partial charge in [0, 0.05) is 72.3 Å². The average Bonchev–Trinajstić information content (AvgIpc) is 3.59. The van der Waals surface area contributed by atoms with Gasteiger partial charge in [-0.1, -0.05) is 5.16 Å². The molecule has 10 heteroatoms. The number of hydrogen-bond acceptors (Lipinski definition) is 8. The van der Waals surface area contributed by atoms with Gasteiger partial charge in [-0.15, -0.1) is 0 Å². The molecule has 3 fully saturated rings. The third-order valence-electron chi connectivity index (χ3n) is 7.77. The van der Waals surface area contributed by atoms with E-state index in [1.54, 1.807) is 12.4 Å². The highest BCUT2D eigenvalue weighted by atomic mass is 19.1. The van der Waals surface area contributed by atoms with Crippen LogP contribution in [-0.4, -0.2) is 55.3 Å². The number of piperazine rings is 1. The Bertz CT molecular complexity index is 1740. The fourth-order valence-electron chi connectivity index (χ4n) is 5.82. The van der Waals surface area contributed by atoms with Gasteiger partial charge in [0.15, 0.2) is 5.76 Å². The van der Waals surface area contributed by atoms with E-state index >= 15 is 0 Å².